The number of benzene rings is 3. The van der Waals surface area contributed by atoms with Crippen molar-refractivity contribution < 1.29 is 22.8 Å². The zero-order valence-electron chi connectivity index (χ0n) is 21.8. The maximum atomic E-state index is 13.1. The number of halogens is 3. The lowest BCUT2D eigenvalue weighted by Gasteiger charge is -2.18. The summed E-state index contributed by atoms with van der Waals surface area (Å²) in [5.41, 5.74) is 0.518. The molecular weight excluding hydrogens is 509 g/mol. The van der Waals surface area contributed by atoms with Gasteiger partial charge in [0.2, 0.25) is 5.91 Å². The average molecular weight is 537 g/mol. The lowest BCUT2D eigenvalue weighted by molar-refractivity contribution is -0.137. The van der Waals surface area contributed by atoms with Crippen molar-refractivity contribution in [2.24, 2.45) is 5.41 Å². The second kappa shape index (κ2) is 10.4. The molecule has 0 spiro atoms. The molecule has 0 saturated carbocycles. The van der Waals surface area contributed by atoms with Crippen LogP contribution in [0.3, 0.4) is 0 Å². The van der Waals surface area contributed by atoms with Crippen LogP contribution in [0.15, 0.2) is 71.7 Å². The lowest BCUT2D eigenvalue weighted by Crippen LogP contribution is -2.34. The predicted molar refractivity (Wildman–Crippen MR) is 143 cm³/mol. The topological polar surface area (TPSA) is 93.1 Å². The fourth-order valence-corrected chi connectivity index (χ4v) is 3.86. The van der Waals surface area contributed by atoms with E-state index in [1.807, 2.05) is 26.8 Å². The SMILES string of the molecule is Cc1ccc(CNC(=O)C(C)(C)C)cc1C(=O)Nc1ccc2cnn(-c3ccc(C(F)(F)F)cc3)c(=O)c2c1. The van der Waals surface area contributed by atoms with Crippen molar-refractivity contribution in [2.45, 2.75) is 40.4 Å². The maximum absolute atomic E-state index is 13.1. The Balaban J connectivity index is 1.58. The maximum Gasteiger partial charge on any atom is 0.416 e. The second-order valence-electron chi connectivity index (χ2n) is 10.2. The molecule has 202 valence electrons. The van der Waals surface area contributed by atoms with Crippen LogP contribution in [0.2, 0.25) is 0 Å². The van der Waals surface area contributed by atoms with Crippen LogP contribution in [-0.2, 0) is 17.5 Å². The number of alkyl halides is 3. The number of aryl methyl sites for hydroxylation is 1. The molecule has 0 radical (unpaired) electrons. The van der Waals surface area contributed by atoms with Gasteiger partial charge in [-0.15, -0.1) is 0 Å². The van der Waals surface area contributed by atoms with Crippen LogP contribution in [-0.4, -0.2) is 21.6 Å². The highest BCUT2D eigenvalue weighted by Crippen LogP contribution is 2.29. The highest BCUT2D eigenvalue weighted by Gasteiger charge is 2.30. The Bertz CT molecular complexity index is 1620. The molecule has 0 saturated heterocycles. The quantitative estimate of drug-likeness (QED) is 0.346. The molecule has 0 unspecified atom stereocenters. The molecule has 4 rings (SSSR count). The molecule has 1 heterocycles. The number of rotatable bonds is 5. The van der Waals surface area contributed by atoms with Crippen molar-refractivity contribution in [3.8, 4) is 5.69 Å². The first kappa shape index (κ1) is 27.6. The van der Waals surface area contributed by atoms with E-state index >= 15 is 0 Å². The van der Waals surface area contributed by atoms with Gasteiger partial charge in [-0.05, 0) is 60.5 Å². The number of carbonyl (C=O) groups is 2. The van der Waals surface area contributed by atoms with Gasteiger partial charge in [-0.1, -0.05) is 39.0 Å². The van der Waals surface area contributed by atoms with Crippen molar-refractivity contribution in [1.29, 1.82) is 0 Å². The Labute approximate surface area is 222 Å². The molecule has 10 heteroatoms. The Hall–Kier alpha value is -4.47. The Morgan fingerprint density at radius 2 is 1.64 bits per heavy atom. The summed E-state index contributed by atoms with van der Waals surface area (Å²) < 4.78 is 39.7. The highest BCUT2D eigenvalue weighted by atomic mass is 19.4. The van der Waals surface area contributed by atoms with Gasteiger partial charge in [0.25, 0.3) is 11.5 Å². The van der Waals surface area contributed by atoms with Gasteiger partial charge < -0.3 is 10.6 Å². The minimum absolute atomic E-state index is 0.110. The molecule has 7 nitrogen and oxygen atoms in total. The van der Waals surface area contributed by atoms with E-state index in [0.29, 0.717) is 16.6 Å². The molecule has 39 heavy (non-hydrogen) atoms. The van der Waals surface area contributed by atoms with Gasteiger partial charge in [-0.25, -0.2) is 0 Å². The number of fused-ring (bicyclic) bond motifs is 1. The Morgan fingerprint density at radius 3 is 2.28 bits per heavy atom. The summed E-state index contributed by atoms with van der Waals surface area (Å²) in [5.74, 6) is -0.505. The molecule has 3 aromatic carbocycles. The zero-order valence-corrected chi connectivity index (χ0v) is 21.8. The van der Waals surface area contributed by atoms with E-state index in [9.17, 15) is 27.6 Å². The van der Waals surface area contributed by atoms with E-state index in [0.717, 1.165) is 27.9 Å². The first-order valence-electron chi connectivity index (χ1n) is 12.1. The molecule has 0 fully saturated rings. The molecule has 0 aliphatic rings. The normalized spacial score (nSPS) is 11.9. The highest BCUT2D eigenvalue weighted by molar-refractivity contribution is 6.06. The fourth-order valence-electron chi connectivity index (χ4n) is 3.86. The molecular formula is C29H27F3N4O3. The third-order valence-electron chi connectivity index (χ3n) is 6.17. The standard InChI is InChI=1S/C29H27F3N4O3/c1-17-5-6-18(15-33-27(39)28(2,3)4)13-23(17)25(37)35-21-10-7-19-16-34-36(26(38)24(19)14-21)22-11-8-20(9-12-22)29(30,31)32/h5-14,16H,15H2,1-4H3,(H,33,39)(H,35,37). The van der Waals surface area contributed by atoms with Crippen LogP contribution in [0.5, 0.6) is 0 Å². The Kier molecular flexibility index (Phi) is 7.32. The monoisotopic (exact) mass is 536 g/mol. The largest absolute Gasteiger partial charge is 0.416 e. The third kappa shape index (κ3) is 6.17. The van der Waals surface area contributed by atoms with E-state index < -0.39 is 28.6 Å². The first-order chi connectivity index (χ1) is 18.2. The summed E-state index contributed by atoms with van der Waals surface area (Å²) in [6, 6.07) is 14.2. The van der Waals surface area contributed by atoms with E-state index in [-0.39, 0.29) is 23.5 Å². The molecule has 1 aromatic heterocycles. The molecule has 2 amide bonds. The van der Waals surface area contributed by atoms with Crippen LogP contribution in [0.1, 0.15) is 47.8 Å². The predicted octanol–water partition coefficient (Wildman–Crippen LogP) is 5.63. The zero-order chi connectivity index (χ0) is 28.5. The first-order valence-corrected chi connectivity index (χ1v) is 12.1. The van der Waals surface area contributed by atoms with Crippen molar-refractivity contribution >= 4 is 28.3 Å². The average Bonchev–Trinajstić information content (AvgIpc) is 2.87. The second-order valence-corrected chi connectivity index (χ2v) is 10.2. The summed E-state index contributed by atoms with van der Waals surface area (Å²) in [7, 11) is 0. The van der Waals surface area contributed by atoms with Crippen molar-refractivity contribution in [3.05, 3.63) is 99.5 Å². The van der Waals surface area contributed by atoms with E-state index in [1.54, 1.807) is 31.2 Å². The summed E-state index contributed by atoms with van der Waals surface area (Å²) in [4.78, 5) is 38.5. The van der Waals surface area contributed by atoms with E-state index in [1.165, 1.54) is 24.4 Å². The van der Waals surface area contributed by atoms with Gasteiger partial charge >= 0.3 is 6.18 Å². The molecule has 0 aliphatic heterocycles. The van der Waals surface area contributed by atoms with Gasteiger partial charge in [0.05, 0.1) is 22.8 Å². The molecule has 2 N–H and O–H groups in total. The smallest absolute Gasteiger partial charge is 0.352 e. The molecule has 4 aromatic rings. The number of nitrogens with zero attached hydrogens (tertiary/aromatic N) is 2. The van der Waals surface area contributed by atoms with Crippen molar-refractivity contribution in [3.63, 3.8) is 0 Å². The molecule has 0 aliphatic carbocycles. The third-order valence-corrected chi connectivity index (χ3v) is 6.17. The Morgan fingerprint density at radius 1 is 0.949 bits per heavy atom. The van der Waals surface area contributed by atoms with Crippen LogP contribution >= 0.6 is 0 Å². The minimum atomic E-state index is -4.49. The number of nitrogens with one attached hydrogen (secondary N) is 2. The number of hydrogen-bond acceptors (Lipinski definition) is 4. The number of carbonyl (C=O) groups excluding carboxylic acids is 2. The van der Waals surface area contributed by atoms with Crippen molar-refractivity contribution in [2.75, 3.05) is 5.32 Å². The van der Waals surface area contributed by atoms with E-state index in [4.69, 9.17) is 0 Å². The summed E-state index contributed by atoms with van der Waals surface area (Å²) in [5, 5.41) is 10.5. The number of hydrogen-bond donors (Lipinski definition) is 2. The molecule has 0 bridgehead atoms. The van der Waals surface area contributed by atoms with Crippen LogP contribution in [0, 0.1) is 12.3 Å². The lowest BCUT2D eigenvalue weighted by atomic mass is 9.95. The van der Waals surface area contributed by atoms with Crippen LogP contribution in [0.4, 0.5) is 18.9 Å². The summed E-state index contributed by atoms with van der Waals surface area (Å²) in [6.07, 6.45) is -3.06. The minimum Gasteiger partial charge on any atom is -0.352 e. The van der Waals surface area contributed by atoms with E-state index in [2.05, 4.69) is 15.7 Å². The van der Waals surface area contributed by atoms with Gasteiger partial charge in [0.1, 0.15) is 0 Å². The summed E-state index contributed by atoms with van der Waals surface area (Å²) in [6.45, 7) is 7.50. The molecule has 0 atom stereocenters. The van der Waals surface area contributed by atoms with Crippen LogP contribution in [0.25, 0.3) is 16.5 Å². The number of aromatic nitrogens is 2. The van der Waals surface area contributed by atoms with Crippen molar-refractivity contribution in [1.82, 2.24) is 15.1 Å². The number of amides is 2. The van der Waals surface area contributed by atoms with Gasteiger partial charge in [0.15, 0.2) is 0 Å². The fraction of sp³-hybridized carbons (Fsp3) is 0.241. The summed E-state index contributed by atoms with van der Waals surface area (Å²) >= 11 is 0. The van der Waals surface area contributed by atoms with Gasteiger partial charge in [-0.2, -0.15) is 23.0 Å². The number of anilines is 1. The van der Waals surface area contributed by atoms with Crippen LogP contribution < -0.4 is 16.2 Å². The van der Waals surface area contributed by atoms with Gasteiger partial charge in [-0.3, -0.25) is 14.4 Å². The van der Waals surface area contributed by atoms with Gasteiger partial charge in [0, 0.05) is 28.6 Å².